The summed E-state index contributed by atoms with van der Waals surface area (Å²) in [5, 5.41) is 2.82. The molecule has 0 bridgehead atoms. The molecule has 3 atom stereocenters. The average molecular weight is 399 g/mol. The highest BCUT2D eigenvalue weighted by atomic mass is 16.5. The van der Waals surface area contributed by atoms with Crippen LogP contribution in [0.3, 0.4) is 0 Å². The first-order valence-electron chi connectivity index (χ1n) is 11.2. The third-order valence-electron chi connectivity index (χ3n) is 5.65. The highest BCUT2D eigenvalue weighted by Gasteiger charge is 2.33. The molecule has 6 heteroatoms. The van der Waals surface area contributed by atoms with Gasteiger partial charge in [0, 0.05) is 33.7 Å². The van der Waals surface area contributed by atoms with Crippen LogP contribution in [0.5, 0.6) is 0 Å². The Balaban J connectivity index is 0.00000190. The average Bonchev–Trinajstić information content (AvgIpc) is 2.72. The lowest BCUT2D eigenvalue weighted by Crippen LogP contribution is -2.56. The van der Waals surface area contributed by atoms with Gasteiger partial charge in [0.15, 0.2) is 0 Å². The fraction of sp³-hybridized carbons (Fsp3) is 0.909. The second-order valence-corrected chi connectivity index (χ2v) is 7.97. The topological polar surface area (TPSA) is 67.9 Å². The van der Waals surface area contributed by atoms with Crippen LogP contribution in [-0.4, -0.2) is 62.3 Å². The Labute approximate surface area is 171 Å². The van der Waals surface area contributed by atoms with E-state index >= 15 is 0 Å². The molecule has 0 spiro atoms. The molecule has 28 heavy (non-hydrogen) atoms. The van der Waals surface area contributed by atoms with Crippen molar-refractivity contribution in [2.75, 3.05) is 33.4 Å². The molecular weight excluding hydrogens is 356 g/mol. The van der Waals surface area contributed by atoms with Gasteiger partial charge in [0.1, 0.15) is 6.04 Å². The van der Waals surface area contributed by atoms with Gasteiger partial charge in [-0.15, -0.1) is 0 Å². The highest BCUT2D eigenvalue weighted by molar-refractivity contribution is 5.87. The summed E-state index contributed by atoms with van der Waals surface area (Å²) in [6, 6.07) is -0.614. The zero-order valence-electron chi connectivity index (χ0n) is 18.7. The summed E-state index contributed by atoms with van der Waals surface area (Å²) in [5.41, 5.74) is 0. The second-order valence-electron chi connectivity index (χ2n) is 7.97. The van der Waals surface area contributed by atoms with E-state index in [-0.39, 0.29) is 17.9 Å². The maximum atomic E-state index is 13.1. The van der Waals surface area contributed by atoms with E-state index in [4.69, 9.17) is 9.47 Å². The van der Waals surface area contributed by atoms with Gasteiger partial charge in [0.2, 0.25) is 11.8 Å². The summed E-state index contributed by atoms with van der Waals surface area (Å²) in [7, 11) is 1.70. The van der Waals surface area contributed by atoms with Gasteiger partial charge in [-0.2, -0.15) is 0 Å². The summed E-state index contributed by atoms with van der Waals surface area (Å²) in [6.45, 7) is 10.1. The number of hydrogen-bond acceptors (Lipinski definition) is 4. The minimum Gasteiger partial charge on any atom is -0.384 e. The van der Waals surface area contributed by atoms with E-state index in [1.807, 2.05) is 25.7 Å². The number of likely N-dealkylation sites (tertiary alicyclic amines) is 1. The third kappa shape index (κ3) is 8.48. The van der Waals surface area contributed by atoms with E-state index in [0.29, 0.717) is 31.6 Å². The molecule has 2 aliphatic rings. The van der Waals surface area contributed by atoms with E-state index in [0.717, 1.165) is 19.4 Å². The van der Waals surface area contributed by atoms with Crippen LogP contribution in [0.25, 0.3) is 0 Å². The molecule has 1 aliphatic heterocycles. The fourth-order valence-electron chi connectivity index (χ4n) is 4.17. The normalized spacial score (nSPS) is 22.6. The lowest BCUT2D eigenvalue weighted by molar-refractivity contribution is -0.142. The van der Waals surface area contributed by atoms with Crippen LogP contribution >= 0.6 is 0 Å². The zero-order chi connectivity index (χ0) is 20.9. The number of ether oxygens (including phenoxy) is 2. The van der Waals surface area contributed by atoms with Gasteiger partial charge < -0.3 is 19.7 Å². The molecule has 3 unspecified atom stereocenters. The molecule has 2 amide bonds. The van der Waals surface area contributed by atoms with Gasteiger partial charge in [0.05, 0.1) is 12.7 Å². The summed E-state index contributed by atoms with van der Waals surface area (Å²) in [6.07, 6.45) is 8.00. The maximum Gasteiger partial charge on any atom is 0.247 e. The lowest BCUT2D eigenvalue weighted by atomic mass is 9.90. The van der Waals surface area contributed by atoms with E-state index in [9.17, 15) is 9.59 Å². The van der Waals surface area contributed by atoms with E-state index in [1.165, 1.54) is 39.0 Å². The molecule has 1 heterocycles. The number of nitrogens with one attached hydrogen (secondary N) is 1. The number of methoxy groups -OCH3 is 1. The van der Waals surface area contributed by atoms with Gasteiger partial charge in [-0.1, -0.05) is 33.1 Å². The smallest absolute Gasteiger partial charge is 0.247 e. The highest BCUT2D eigenvalue weighted by Crippen LogP contribution is 2.24. The Hall–Kier alpha value is -1.14. The first-order chi connectivity index (χ1) is 13.5. The van der Waals surface area contributed by atoms with Gasteiger partial charge >= 0.3 is 0 Å². The van der Waals surface area contributed by atoms with Crippen LogP contribution in [0.2, 0.25) is 0 Å². The Morgan fingerprint density at radius 3 is 2.29 bits per heavy atom. The van der Waals surface area contributed by atoms with Crippen molar-refractivity contribution in [2.45, 2.75) is 84.8 Å². The number of carbonyl (C=O) groups excluding carboxylic acids is 2. The molecule has 164 valence electrons. The van der Waals surface area contributed by atoms with Crippen molar-refractivity contribution in [1.29, 1.82) is 0 Å². The quantitative estimate of drug-likeness (QED) is 0.680. The monoisotopic (exact) mass is 398 g/mol. The largest absolute Gasteiger partial charge is 0.384 e. The summed E-state index contributed by atoms with van der Waals surface area (Å²) >= 11 is 0. The molecule has 2 rings (SSSR count). The van der Waals surface area contributed by atoms with Crippen molar-refractivity contribution in [2.24, 2.45) is 11.8 Å². The van der Waals surface area contributed by atoms with Crippen molar-refractivity contribution >= 4 is 11.8 Å². The summed E-state index contributed by atoms with van der Waals surface area (Å²) in [4.78, 5) is 26.6. The maximum absolute atomic E-state index is 13.1. The van der Waals surface area contributed by atoms with Crippen molar-refractivity contribution in [1.82, 2.24) is 10.2 Å². The predicted molar refractivity (Wildman–Crippen MR) is 112 cm³/mol. The molecule has 1 saturated carbocycles. The molecule has 0 aromatic rings. The molecule has 0 aromatic heterocycles. The van der Waals surface area contributed by atoms with Crippen LogP contribution < -0.4 is 5.32 Å². The number of hydrogen-bond donors (Lipinski definition) is 1. The Bertz CT molecular complexity index is 450. The van der Waals surface area contributed by atoms with Crippen molar-refractivity contribution in [3.63, 3.8) is 0 Å². The van der Waals surface area contributed by atoms with Gasteiger partial charge in [-0.05, 0) is 44.4 Å². The SMILES string of the molecule is CC.COCC1CCCN(C(=O)C(NC(C)=O)C(C)OCC2CCCCC2)C1. The number of piperidine rings is 1. The van der Waals surface area contributed by atoms with E-state index < -0.39 is 6.04 Å². The minimum absolute atomic E-state index is 0.0304. The van der Waals surface area contributed by atoms with Gasteiger partial charge in [0.25, 0.3) is 0 Å². The van der Waals surface area contributed by atoms with Crippen LogP contribution in [0, 0.1) is 11.8 Å². The Morgan fingerprint density at radius 2 is 1.68 bits per heavy atom. The lowest BCUT2D eigenvalue weighted by Gasteiger charge is -2.36. The van der Waals surface area contributed by atoms with Crippen molar-refractivity contribution in [3.05, 3.63) is 0 Å². The van der Waals surface area contributed by atoms with Crippen molar-refractivity contribution < 1.29 is 19.1 Å². The van der Waals surface area contributed by atoms with Crippen molar-refractivity contribution in [3.8, 4) is 0 Å². The third-order valence-corrected chi connectivity index (χ3v) is 5.65. The zero-order valence-corrected chi connectivity index (χ0v) is 18.7. The van der Waals surface area contributed by atoms with Gasteiger partial charge in [-0.3, -0.25) is 9.59 Å². The van der Waals surface area contributed by atoms with E-state index in [2.05, 4.69) is 5.32 Å². The second kappa shape index (κ2) is 13.9. The molecular formula is C22H42N2O4. The number of carbonyl (C=O) groups is 2. The molecule has 1 aliphatic carbocycles. The Kier molecular flexibility index (Phi) is 12.4. The summed E-state index contributed by atoms with van der Waals surface area (Å²) < 4.78 is 11.3. The van der Waals surface area contributed by atoms with Crippen LogP contribution in [0.1, 0.15) is 72.6 Å². The molecule has 1 N–H and O–H groups in total. The van der Waals surface area contributed by atoms with Gasteiger partial charge in [-0.25, -0.2) is 0 Å². The first-order valence-corrected chi connectivity index (χ1v) is 11.2. The van der Waals surface area contributed by atoms with Crippen LogP contribution in [0.4, 0.5) is 0 Å². The van der Waals surface area contributed by atoms with Crippen LogP contribution in [0.15, 0.2) is 0 Å². The number of rotatable bonds is 8. The van der Waals surface area contributed by atoms with E-state index in [1.54, 1.807) is 7.11 Å². The number of amides is 2. The molecule has 6 nitrogen and oxygen atoms in total. The predicted octanol–water partition coefficient (Wildman–Crippen LogP) is 3.39. The minimum atomic E-state index is -0.614. The van der Waals surface area contributed by atoms with Crippen LogP contribution in [-0.2, 0) is 19.1 Å². The summed E-state index contributed by atoms with van der Waals surface area (Å²) in [5.74, 6) is 0.730. The standard InChI is InChI=1S/C20H36N2O4.C2H6/c1-15(26-14-17-8-5-4-6-9-17)19(21-16(2)23)20(24)22-11-7-10-18(12-22)13-25-3;1-2/h15,17-19H,4-14H2,1-3H3,(H,21,23);1-2H3. The molecule has 0 aromatic carbocycles. The molecule has 0 radical (unpaired) electrons. The Morgan fingerprint density at radius 1 is 1.04 bits per heavy atom. The number of nitrogens with zero attached hydrogens (tertiary/aromatic N) is 1. The first kappa shape index (κ1) is 24.9. The molecule has 1 saturated heterocycles. The molecule has 2 fully saturated rings. The fourth-order valence-corrected chi connectivity index (χ4v) is 4.17.